The summed E-state index contributed by atoms with van der Waals surface area (Å²) in [5, 5.41) is 9.47. The first-order valence-electron chi connectivity index (χ1n) is 20.1. The molecule has 0 spiro atoms. The summed E-state index contributed by atoms with van der Waals surface area (Å²) in [6.07, 6.45) is 8.66. The van der Waals surface area contributed by atoms with Gasteiger partial charge in [0.15, 0.2) is 5.58 Å². The number of aryl methyl sites for hydroxylation is 2. The van der Waals surface area contributed by atoms with Gasteiger partial charge in [-0.15, -0.1) is 0 Å². The van der Waals surface area contributed by atoms with Gasteiger partial charge in [0.1, 0.15) is 17.4 Å². The molecule has 0 fully saturated rings. The van der Waals surface area contributed by atoms with Gasteiger partial charge in [-0.3, -0.25) is 0 Å². The molecule has 1 aliphatic carbocycles. The Kier molecular flexibility index (Phi) is 7.15. The van der Waals surface area contributed by atoms with Crippen LogP contribution in [0.2, 0.25) is 0 Å². The predicted molar refractivity (Wildman–Crippen MR) is 242 cm³/mol. The molecule has 2 atom stereocenters. The summed E-state index contributed by atoms with van der Waals surface area (Å²) in [5.41, 5.74) is 11.8. The lowest BCUT2D eigenvalue weighted by Gasteiger charge is -2.30. The minimum Gasteiger partial charge on any atom is -0.483 e. The summed E-state index contributed by atoms with van der Waals surface area (Å²) < 4.78 is 13.5. The summed E-state index contributed by atoms with van der Waals surface area (Å²) in [6, 6.07) is 57.3. The third-order valence-electron chi connectivity index (χ3n) is 12.2. The molecule has 0 radical (unpaired) electrons. The highest BCUT2D eigenvalue weighted by Gasteiger charge is 2.35. The summed E-state index contributed by atoms with van der Waals surface area (Å²) in [7, 11) is 0. The van der Waals surface area contributed by atoms with Crippen LogP contribution in [0.15, 0.2) is 186 Å². The predicted octanol–water partition coefficient (Wildman–Crippen LogP) is 15.0. The average molecular weight is 747 g/mol. The molecule has 10 aromatic rings. The molecule has 9 aromatic carbocycles. The Morgan fingerprint density at radius 3 is 1.76 bits per heavy atom. The summed E-state index contributed by atoms with van der Waals surface area (Å²) in [6.45, 7) is 4.32. The molecule has 2 unspecified atom stereocenters. The second kappa shape index (κ2) is 12.6. The Morgan fingerprint density at radius 2 is 1.05 bits per heavy atom. The molecule has 1 aromatic heterocycles. The van der Waals surface area contributed by atoms with Gasteiger partial charge in [-0.05, 0) is 107 Å². The Bertz CT molecular complexity index is 3330. The van der Waals surface area contributed by atoms with Crippen LogP contribution in [-0.4, -0.2) is 6.10 Å². The van der Waals surface area contributed by atoms with Gasteiger partial charge in [-0.25, -0.2) is 0 Å². The zero-order valence-electron chi connectivity index (χ0n) is 32.2. The number of ether oxygens (including phenoxy) is 1. The monoisotopic (exact) mass is 746 g/mol. The molecule has 2 heterocycles. The van der Waals surface area contributed by atoms with Gasteiger partial charge in [-0.1, -0.05) is 121 Å². The van der Waals surface area contributed by atoms with E-state index < -0.39 is 0 Å². The van der Waals surface area contributed by atoms with E-state index in [1.54, 1.807) is 0 Å². The van der Waals surface area contributed by atoms with E-state index >= 15 is 0 Å². The highest BCUT2D eigenvalue weighted by atomic mass is 16.5. The Hall–Kier alpha value is -7.30. The van der Waals surface area contributed by atoms with Gasteiger partial charge in [-0.2, -0.15) is 0 Å². The van der Waals surface area contributed by atoms with Crippen molar-refractivity contribution in [1.29, 1.82) is 0 Å². The molecule has 0 bridgehead atoms. The van der Waals surface area contributed by atoms with E-state index in [1.807, 2.05) is 6.07 Å². The van der Waals surface area contributed by atoms with E-state index in [-0.39, 0.29) is 12.0 Å². The molecule has 0 N–H and O–H groups in total. The topological polar surface area (TPSA) is 28.9 Å². The lowest BCUT2D eigenvalue weighted by molar-refractivity contribution is 0.269. The molecule has 58 heavy (non-hydrogen) atoms. The molecule has 0 saturated carbocycles. The van der Waals surface area contributed by atoms with Crippen LogP contribution >= 0.6 is 0 Å². The van der Waals surface area contributed by atoms with Gasteiger partial charge in [0.05, 0.1) is 22.7 Å². The first-order valence-corrected chi connectivity index (χ1v) is 20.1. The van der Waals surface area contributed by atoms with Crippen LogP contribution in [0.3, 0.4) is 0 Å². The van der Waals surface area contributed by atoms with E-state index in [0.717, 1.165) is 61.8 Å². The number of allylic oxidation sites excluding steroid dienone is 2. The van der Waals surface area contributed by atoms with Crippen LogP contribution in [0, 0.1) is 13.8 Å². The molecule has 4 heteroatoms. The number of anilines is 6. The van der Waals surface area contributed by atoms with Crippen molar-refractivity contribution in [3.05, 3.63) is 199 Å². The van der Waals surface area contributed by atoms with Crippen molar-refractivity contribution in [3.63, 3.8) is 0 Å². The molecule has 4 nitrogen and oxygen atoms in total. The standard InChI is InChI=1S/C54H38N2O2/c1-33-11-7-13-37(31-33)55(47-19-9-17-41-39-15-3-5-21-49(39)57-53(41)47)45-29-25-35-24-28-44-46(30-26-36-23-27-43(45)51(35)52(36)44)56(38-14-8-12-34(2)32-38)48-20-10-18-42-40-16-4-6-22-50(40)58-54(42)48/h3-32,39,49H,1-2H3. The highest BCUT2D eigenvalue weighted by molar-refractivity contribution is 6.28. The number of fused-ring (bicyclic) bond motifs is 6. The smallest absolute Gasteiger partial charge is 0.159 e. The van der Waals surface area contributed by atoms with Crippen molar-refractivity contribution in [2.24, 2.45) is 0 Å². The fourth-order valence-corrected chi connectivity index (χ4v) is 9.64. The summed E-state index contributed by atoms with van der Waals surface area (Å²) in [4.78, 5) is 4.79. The van der Waals surface area contributed by atoms with Gasteiger partial charge in [0, 0.05) is 44.4 Å². The van der Waals surface area contributed by atoms with Crippen molar-refractivity contribution in [3.8, 4) is 5.75 Å². The number of hydrogen-bond acceptors (Lipinski definition) is 4. The molecule has 276 valence electrons. The lowest BCUT2D eigenvalue weighted by Crippen LogP contribution is -2.16. The largest absolute Gasteiger partial charge is 0.483 e. The van der Waals surface area contributed by atoms with Crippen LogP contribution < -0.4 is 14.5 Å². The highest BCUT2D eigenvalue weighted by Crippen LogP contribution is 2.53. The molecule has 2 aliphatic rings. The molecular weight excluding hydrogens is 709 g/mol. The van der Waals surface area contributed by atoms with E-state index in [1.165, 1.54) is 49.0 Å². The normalized spacial score (nSPS) is 15.8. The van der Waals surface area contributed by atoms with Crippen LogP contribution in [0.25, 0.3) is 54.3 Å². The SMILES string of the molecule is Cc1cccc(N(c2cccc3c2OC2C=CC=CC32)c2ccc3ccc4c(N(c5cccc(C)c5)c5cccc6c5oc5ccccc56)ccc5ccc2c3c54)c1. The van der Waals surface area contributed by atoms with Crippen molar-refractivity contribution in [2.45, 2.75) is 25.9 Å². The third kappa shape index (κ3) is 4.88. The third-order valence-corrected chi connectivity index (χ3v) is 12.2. The quantitative estimate of drug-likeness (QED) is 0.158. The summed E-state index contributed by atoms with van der Waals surface area (Å²) >= 11 is 0. The lowest BCUT2D eigenvalue weighted by atomic mass is 9.91. The first-order chi connectivity index (χ1) is 28.6. The van der Waals surface area contributed by atoms with Crippen LogP contribution in [-0.2, 0) is 0 Å². The van der Waals surface area contributed by atoms with Gasteiger partial charge in [0.2, 0.25) is 0 Å². The number of furan rings is 1. The minimum absolute atomic E-state index is 0.0120. The molecular formula is C54H38N2O2. The van der Waals surface area contributed by atoms with E-state index in [4.69, 9.17) is 9.15 Å². The number of rotatable bonds is 6. The van der Waals surface area contributed by atoms with E-state index in [2.05, 4.69) is 200 Å². The zero-order chi connectivity index (χ0) is 38.5. The number of para-hydroxylation sites is 3. The minimum atomic E-state index is -0.0120. The average Bonchev–Trinajstić information content (AvgIpc) is 3.84. The molecule has 12 rings (SSSR count). The maximum atomic E-state index is 6.81. The van der Waals surface area contributed by atoms with Gasteiger partial charge in [0.25, 0.3) is 0 Å². The first kappa shape index (κ1) is 32.9. The van der Waals surface area contributed by atoms with Crippen LogP contribution in [0.4, 0.5) is 34.1 Å². The van der Waals surface area contributed by atoms with Crippen molar-refractivity contribution in [2.75, 3.05) is 9.80 Å². The van der Waals surface area contributed by atoms with Crippen LogP contribution in [0.5, 0.6) is 5.75 Å². The second-order valence-electron chi connectivity index (χ2n) is 15.8. The van der Waals surface area contributed by atoms with Crippen molar-refractivity contribution >= 4 is 88.4 Å². The molecule has 1 aliphatic heterocycles. The Balaban J connectivity index is 1.12. The fraction of sp³-hybridized carbons (Fsp3) is 0.0741. The number of hydrogen-bond donors (Lipinski definition) is 0. The van der Waals surface area contributed by atoms with E-state index in [0.29, 0.717) is 0 Å². The van der Waals surface area contributed by atoms with Gasteiger partial charge < -0.3 is 19.0 Å². The van der Waals surface area contributed by atoms with Crippen LogP contribution in [0.1, 0.15) is 22.6 Å². The zero-order valence-corrected chi connectivity index (χ0v) is 32.2. The maximum absolute atomic E-state index is 6.81. The fourth-order valence-electron chi connectivity index (χ4n) is 9.64. The van der Waals surface area contributed by atoms with Crippen molar-refractivity contribution < 1.29 is 9.15 Å². The molecule has 0 saturated heterocycles. The van der Waals surface area contributed by atoms with Gasteiger partial charge >= 0.3 is 0 Å². The second-order valence-corrected chi connectivity index (χ2v) is 15.8. The van der Waals surface area contributed by atoms with E-state index in [9.17, 15) is 0 Å². The number of nitrogens with zero attached hydrogens (tertiary/aromatic N) is 2. The Morgan fingerprint density at radius 1 is 0.466 bits per heavy atom. The Labute approximate surface area is 336 Å². The van der Waals surface area contributed by atoms with Crippen molar-refractivity contribution in [1.82, 2.24) is 0 Å². The maximum Gasteiger partial charge on any atom is 0.159 e. The summed E-state index contributed by atoms with van der Waals surface area (Å²) in [5.74, 6) is 1.14. The molecule has 0 amide bonds. The number of benzene rings is 9.